The lowest BCUT2D eigenvalue weighted by Gasteiger charge is -2.32. The first-order valence-corrected chi connectivity index (χ1v) is 6.62. The third-order valence-electron chi connectivity index (χ3n) is 3.74. The second kappa shape index (κ2) is 7.24. The number of unbranched alkanes of at least 4 members (excludes halogenated alkanes) is 1. The molecule has 0 aliphatic carbocycles. The lowest BCUT2D eigenvalue weighted by molar-refractivity contribution is 0.0347. The van der Waals surface area contributed by atoms with Gasteiger partial charge in [0.2, 0.25) is 0 Å². The summed E-state index contributed by atoms with van der Waals surface area (Å²) in [5, 5.41) is 0. The first-order valence-electron chi connectivity index (χ1n) is 6.62. The summed E-state index contributed by atoms with van der Waals surface area (Å²) < 4.78 is 5.52. The Kier molecular flexibility index (Phi) is 6.26. The standard InChI is InChI=1S/C13H27NO/c1-3-5-7-11(4-2)13(14)12-8-6-9-15-10-12/h11-13H,3-10,14H2,1-2H3. The Hall–Kier alpha value is -0.0800. The van der Waals surface area contributed by atoms with Crippen LogP contribution in [0.3, 0.4) is 0 Å². The van der Waals surface area contributed by atoms with Crippen molar-refractivity contribution in [1.82, 2.24) is 0 Å². The fourth-order valence-electron chi connectivity index (χ4n) is 2.59. The van der Waals surface area contributed by atoms with Crippen molar-refractivity contribution in [3.8, 4) is 0 Å². The molecule has 0 aromatic carbocycles. The minimum absolute atomic E-state index is 0.363. The first-order chi connectivity index (χ1) is 7.29. The van der Waals surface area contributed by atoms with Gasteiger partial charge in [0.05, 0.1) is 6.61 Å². The fourth-order valence-corrected chi connectivity index (χ4v) is 2.59. The molecule has 0 saturated carbocycles. The van der Waals surface area contributed by atoms with Crippen LogP contribution in [0.5, 0.6) is 0 Å². The van der Waals surface area contributed by atoms with Crippen LogP contribution in [0.4, 0.5) is 0 Å². The van der Waals surface area contributed by atoms with E-state index < -0.39 is 0 Å². The van der Waals surface area contributed by atoms with Gasteiger partial charge < -0.3 is 10.5 Å². The Balaban J connectivity index is 2.36. The minimum Gasteiger partial charge on any atom is -0.381 e. The van der Waals surface area contributed by atoms with Crippen LogP contribution in [0.15, 0.2) is 0 Å². The Bertz CT molecular complexity index is 155. The molecule has 2 heteroatoms. The van der Waals surface area contributed by atoms with E-state index in [1.54, 1.807) is 0 Å². The SMILES string of the molecule is CCCCC(CC)C(N)C1CCCOC1. The molecule has 1 aliphatic heterocycles. The van der Waals surface area contributed by atoms with E-state index in [2.05, 4.69) is 13.8 Å². The van der Waals surface area contributed by atoms with Gasteiger partial charge in [-0.25, -0.2) is 0 Å². The number of hydrogen-bond donors (Lipinski definition) is 1. The van der Waals surface area contributed by atoms with Crippen LogP contribution >= 0.6 is 0 Å². The molecule has 0 bridgehead atoms. The highest BCUT2D eigenvalue weighted by atomic mass is 16.5. The van der Waals surface area contributed by atoms with Crippen molar-refractivity contribution in [3.63, 3.8) is 0 Å². The molecule has 1 heterocycles. The summed E-state index contributed by atoms with van der Waals surface area (Å²) in [5.41, 5.74) is 6.36. The van der Waals surface area contributed by atoms with Gasteiger partial charge in [-0.15, -0.1) is 0 Å². The summed E-state index contributed by atoms with van der Waals surface area (Å²) in [6.07, 6.45) is 7.58. The van der Waals surface area contributed by atoms with Crippen molar-refractivity contribution in [3.05, 3.63) is 0 Å². The zero-order valence-electron chi connectivity index (χ0n) is 10.4. The molecule has 3 atom stereocenters. The van der Waals surface area contributed by atoms with Crippen LogP contribution in [0.1, 0.15) is 52.4 Å². The van der Waals surface area contributed by atoms with E-state index in [1.807, 2.05) is 0 Å². The van der Waals surface area contributed by atoms with E-state index in [1.165, 1.54) is 38.5 Å². The Morgan fingerprint density at radius 3 is 2.73 bits per heavy atom. The normalized spacial score (nSPS) is 26.2. The molecule has 0 aromatic rings. The van der Waals surface area contributed by atoms with Crippen molar-refractivity contribution in [2.75, 3.05) is 13.2 Å². The molecule has 2 nitrogen and oxygen atoms in total. The smallest absolute Gasteiger partial charge is 0.0509 e. The molecule has 90 valence electrons. The summed E-state index contributed by atoms with van der Waals surface area (Å²) in [6.45, 7) is 6.35. The van der Waals surface area contributed by atoms with Gasteiger partial charge in [0.25, 0.3) is 0 Å². The summed E-state index contributed by atoms with van der Waals surface area (Å²) in [4.78, 5) is 0. The van der Waals surface area contributed by atoms with Crippen molar-refractivity contribution >= 4 is 0 Å². The fraction of sp³-hybridized carbons (Fsp3) is 1.00. The van der Waals surface area contributed by atoms with Gasteiger partial charge in [-0.1, -0.05) is 33.1 Å². The van der Waals surface area contributed by atoms with Crippen molar-refractivity contribution in [1.29, 1.82) is 0 Å². The minimum atomic E-state index is 0.363. The summed E-state index contributed by atoms with van der Waals surface area (Å²) >= 11 is 0. The van der Waals surface area contributed by atoms with Crippen LogP contribution in [0.25, 0.3) is 0 Å². The zero-order valence-corrected chi connectivity index (χ0v) is 10.4. The molecule has 1 fully saturated rings. The Labute approximate surface area is 94.6 Å². The van der Waals surface area contributed by atoms with Crippen molar-refractivity contribution < 1.29 is 4.74 Å². The van der Waals surface area contributed by atoms with E-state index in [4.69, 9.17) is 10.5 Å². The third kappa shape index (κ3) is 4.12. The van der Waals surface area contributed by atoms with Crippen molar-refractivity contribution in [2.45, 2.75) is 58.4 Å². The summed E-state index contributed by atoms with van der Waals surface area (Å²) in [5.74, 6) is 1.32. The maximum absolute atomic E-state index is 6.36. The monoisotopic (exact) mass is 213 g/mol. The van der Waals surface area contributed by atoms with Crippen LogP contribution < -0.4 is 5.73 Å². The van der Waals surface area contributed by atoms with Gasteiger partial charge in [-0.2, -0.15) is 0 Å². The molecule has 0 aromatic heterocycles. The maximum Gasteiger partial charge on any atom is 0.0509 e. The molecular weight excluding hydrogens is 186 g/mol. The van der Waals surface area contributed by atoms with Crippen LogP contribution in [0.2, 0.25) is 0 Å². The van der Waals surface area contributed by atoms with Gasteiger partial charge in [0, 0.05) is 12.6 Å². The molecule has 0 spiro atoms. The number of hydrogen-bond acceptors (Lipinski definition) is 2. The van der Waals surface area contributed by atoms with Gasteiger partial charge in [0.15, 0.2) is 0 Å². The van der Waals surface area contributed by atoms with Gasteiger partial charge in [0.1, 0.15) is 0 Å². The lowest BCUT2D eigenvalue weighted by atomic mass is 9.81. The molecule has 0 radical (unpaired) electrons. The highest BCUT2D eigenvalue weighted by Gasteiger charge is 2.26. The van der Waals surface area contributed by atoms with Crippen molar-refractivity contribution in [2.24, 2.45) is 17.6 Å². The zero-order chi connectivity index (χ0) is 11.1. The molecule has 3 unspecified atom stereocenters. The first kappa shape index (κ1) is 13.0. The Morgan fingerprint density at radius 2 is 2.20 bits per heavy atom. The molecule has 1 saturated heterocycles. The second-order valence-corrected chi connectivity index (χ2v) is 4.87. The quantitative estimate of drug-likeness (QED) is 0.736. The molecule has 1 rings (SSSR count). The van der Waals surface area contributed by atoms with Gasteiger partial charge in [-0.05, 0) is 31.1 Å². The van der Waals surface area contributed by atoms with E-state index in [9.17, 15) is 0 Å². The maximum atomic E-state index is 6.36. The molecule has 2 N–H and O–H groups in total. The average Bonchev–Trinajstić information content (AvgIpc) is 2.31. The summed E-state index contributed by atoms with van der Waals surface area (Å²) in [7, 11) is 0. The van der Waals surface area contributed by atoms with Gasteiger partial charge >= 0.3 is 0 Å². The number of nitrogens with two attached hydrogens (primary N) is 1. The molecular formula is C13H27NO. The molecule has 1 aliphatic rings. The molecule has 0 amide bonds. The lowest BCUT2D eigenvalue weighted by Crippen LogP contribution is -2.41. The van der Waals surface area contributed by atoms with E-state index in [0.717, 1.165) is 13.2 Å². The van der Waals surface area contributed by atoms with Crippen LogP contribution in [-0.2, 0) is 4.74 Å². The third-order valence-corrected chi connectivity index (χ3v) is 3.74. The van der Waals surface area contributed by atoms with E-state index in [0.29, 0.717) is 17.9 Å². The largest absolute Gasteiger partial charge is 0.381 e. The summed E-state index contributed by atoms with van der Waals surface area (Å²) in [6, 6.07) is 0.363. The topological polar surface area (TPSA) is 35.2 Å². The van der Waals surface area contributed by atoms with Gasteiger partial charge in [-0.3, -0.25) is 0 Å². The van der Waals surface area contributed by atoms with Crippen LogP contribution in [-0.4, -0.2) is 19.3 Å². The second-order valence-electron chi connectivity index (χ2n) is 4.87. The predicted molar refractivity (Wildman–Crippen MR) is 64.8 cm³/mol. The Morgan fingerprint density at radius 1 is 1.40 bits per heavy atom. The van der Waals surface area contributed by atoms with Crippen LogP contribution in [0, 0.1) is 11.8 Å². The number of rotatable bonds is 6. The van der Waals surface area contributed by atoms with E-state index in [-0.39, 0.29) is 0 Å². The van der Waals surface area contributed by atoms with E-state index >= 15 is 0 Å². The highest BCUT2D eigenvalue weighted by Crippen LogP contribution is 2.25. The highest BCUT2D eigenvalue weighted by molar-refractivity contribution is 4.81. The molecule has 15 heavy (non-hydrogen) atoms. The number of ether oxygens (including phenoxy) is 1. The predicted octanol–water partition coefficient (Wildman–Crippen LogP) is 2.96. The average molecular weight is 213 g/mol.